The fourth-order valence-corrected chi connectivity index (χ4v) is 3.31. The molecule has 2 unspecified atom stereocenters. The van der Waals surface area contributed by atoms with Crippen LogP contribution < -0.4 is 10.5 Å². The lowest BCUT2D eigenvalue weighted by Crippen LogP contribution is -2.54. The van der Waals surface area contributed by atoms with Crippen LogP contribution in [0.5, 0.6) is 5.75 Å². The summed E-state index contributed by atoms with van der Waals surface area (Å²) in [6.07, 6.45) is 1.16. The molecule has 0 amide bonds. The molecule has 1 fully saturated rings. The normalized spacial score (nSPS) is 22.2. The van der Waals surface area contributed by atoms with Crippen LogP contribution in [-0.4, -0.2) is 55.7 Å². The first-order valence-electron chi connectivity index (χ1n) is 8.05. The summed E-state index contributed by atoms with van der Waals surface area (Å²) in [5, 5.41) is 0. The molecule has 0 spiro atoms. The number of piperazine rings is 1. The van der Waals surface area contributed by atoms with Gasteiger partial charge in [-0.15, -0.1) is 0 Å². The van der Waals surface area contributed by atoms with Crippen molar-refractivity contribution < 1.29 is 4.74 Å². The summed E-state index contributed by atoms with van der Waals surface area (Å²) in [5.41, 5.74) is 7.38. The van der Waals surface area contributed by atoms with Crippen molar-refractivity contribution in [3.63, 3.8) is 0 Å². The third-order valence-electron chi connectivity index (χ3n) is 4.63. The highest BCUT2D eigenvalue weighted by atomic mass is 16.5. The third-order valence-corrected chi connectivity index (χ3v) is 4.63. The Morgan fingerprint density at radius 2 is 2.14 bits per heavy atom. The van der Waals surface area contributed by atoms with Crippen molar-refractivity contribution in [1.29, 1.82) is 0 Å². The Bertz CT molecular complexity index is 438. The molecule has 0 aliphatic carbocycles. The van der Waals surface area contributed by atoms with Gasteiger partial charge in [0, 0.05) is 38.3 Å². The molecule has 118 valence electrons. The minimum atomic E-state index is 0.282. The van der Waals surface area contributed by atoms with Crippen LogP contribution in [0, 0.1) is 0 Å². The summed E-state index contributed by atoms with van der Waals surface area (Å²) in [6.45, 7) is 9.67. The van der Waals surface area contributed by atoms with Gasteiger partial charge in [0.2, 0.25) is 0 Å². The van der Waals surface area contributed by atoms with Gasteiger partial charge >= 0.3 is 0 Å². The molecule has 2 rings (SSSR count). The fourth-order valence-electron chi connectivity index (χ4n) is 3.31. The Morgan fingerprint density at radius 1 is 1.33 bits per heavy atom. The molecule has 0 aromatic heterocycles. The van der Waals surface area contributed by atoms with Crippen molar-refractivity contribution in [2.45, 2.75) is 32.4 Å². The molecule has 1 saturated heterocycles. The Hall–Kier alpha value is -1.10. The van der Waals surface area contributed by atoms with Crippen molar-refractivity contribution >= 4 is 0 Å². The van der Waals surface area contributed by atoms with Gasteiger partial charge in [0.05, 0.1) is 7.11 Å². The summed E-state index contributed by atoms with van der Waals surface area (Å²) < 4.78 is 5.36. The standard InChI is InChI=1S/C17H29N3O/c1-4-15-13-19(5-2)9-10-20(15)17(12-18)14-7-6-8-16(11-14)21-3/h6-8,11,15,17H,4-5,9-10,12-13,18H2,1-3H3. The fraction of sp³-hybridized carbons (Fsp3) is 0.647. The second kappa shape index (κ2) is 7.78. The van der Waals surface area contributed by atoms with Crippen LogP contribution in [0.15, 0.2) is 24.3 Å². The molecule has 4 heteroatoms. The van der Waals surface area contributed by atoms with Crippen LogP contribution in [0.2, 0.25) is 0 Å². The van der Waals surface area contributed by atoms with Crippen molar-refractivity contribution in [2.75, 3.05) is 39.8 Å². The maximum Gasteiger partial charge on any atom is 0.119 e. The first kappa shape index (κ1) is 16.3. The van der Waals surface area contributed by atoms with Gasteiger partial charge in [0.1, 0.15) is 5.75 Å². The number of hydrogen-bond donors (Lipinski definition) is 1. The van der Waals surface area contributed by atoms with Crippen LogP contribution in [-0.2, 0) is 0 Å². The van der Waals surface area contributed by atoms with Crippen LogP contribution in [0.25, 0.3) is 0 Å². The summed E-state index contributed by atoms with van der Waals surface area (Å²) in [6, 6.07) is 9.20. The molecule has 0 radical (unpaired) electrons. The number of nitrogens with zero attached hydrogens (tertiary/aromatic N) is 2. The monoisotopic (exact) mass is 291 g/mol. The Kier molecular flexibility index (Phi) is 6.03. The van der Waals surface area contributed by atoms with E-state index in [9.17, 15) is 0 Å². The van der Waals surface area contributed by atoms with E-state index in [2.05, 4.69) is 41.8 Å². The summed E-state index contributed by atoms with van der Waals surface area (Å²) in [5.74, 6) is 0.909. The molecule has 2 atom stereocenters. The number of rotatable bonds is 6. The van der Waals surface area contributed by atoms with Gasteiger partial charge in [0.25, 0.3) is 0 Å². The molecule has 1 heterocycles. The average molecular weight is 291 g/mol. The topological polar surface area (TPSA) is 41.7 Å². The lowest BCUT2D eigenvalue weighted by molar-refractivity contribution is 0.0427. The second-order valence-electron chi connectivity index (χ2n) is 5.72. The van der Waals surface area contributed by atoms with Crippen molar-refractivity contribution in [3.8, 4) is 5.75 Å². The summed E-state index contributed by atoms with van der Waals surface area (Å²) in [7, 11) is 1.71. The minimum Gasteiger partial charge on any atom is -0.497 e. The lowest BCUT2D eigenvalue weighted by atomic mass is 9.99. The average Bonchev–Trinajstić information content (AvgIpc) is 2.56. The molecule has 1 aromatic rings. The summed E-state index contributed by atoms with van der Waals surface area (Å²) >= 11 is 0. The highest BCUT2D eigenvalue weighted by molar-refractivity contribution is 5.31. The van der Waals surface area contributed by atoms with Gasteiger partial charge in [-0.1, -0.05) is 26.0 Å². The first-order valence-corrected chi connectivity index (χ1v) is 8.05. The van der Waals surface area contributed by atoms with Crippen molar-refractivity contribution in [1.82, 2.24) is 9.80 Å². The highest BCUT2D eigenvalue weighted by Crippen LogP contribution is 2.28. The zero-order valence-corrected chi connectivity index (χ0v) is 13.6. The van der Waals surface area contributed by atoms with E-state index in [1.807, 2.05) is 6.07 Å². The van der Waals surface area contributed by atoms with Crippen molar-refractivity contribution in [3.05, 3.63) is 29.8 Å². The molecular weight excluding hydrogens is 262 g/mol. The van der Waals surface area contributed by atoms with E-state index < -0.39 is 0 Å². The number of nitrogens with two attached hydrogens (primary N) is 1. The first-order chi connectivity index (χ1) is 10.2. The predicted octanol–water partition coefficient (Wildman–Crippen LogP) is 2.11. The highest BCUT2D eigenvalue weighted by Gasteiger charge is 2.30. The molecule has 2 N–H and O–H groups in total. The van der Waals surface area contributed by atoms with E-state index in [0.717, 1.165) is 38.3 Å². The van der Waals surface area contributed by atoms with Gasteiger partial charge < -0.3 is 15.4 Å². The molecule has 4 nitrogen and oxygen atoms in total. The zero-order valence-electron chi connectivity index (χ0n) is 13.6. The van der Waals surface area contributed by atoms with Gasteiger partial charge in [0.15, 0.2) is 0 Å². The Balaban J connectivity index is 2.19. The van der Waals surface area contributed by atoms with Gasteiger partial charge in [-0.2, -0.15) is 0 Å². The molecule has 1 aliphatic rings. The molecule has 1 aromatic carbocycles. The van der Waals surface area contributed by atoms with E-state index in [1.165, 1.54) is 5.56 Å². The van der Waals surface area contributed by atoms with Crippen LogP contribution in [0.4, 0.5) is 0 Å². The minimum absolute atomic E-state index is 0.282. The second-order valence-corrected chi connectivity index (χ2v) is 5.72. The summed E-state index contributed by atoms with van der Waals surface area (Å²) in [4.78, 5) is 5.12. The van der Waals surface area contributed by atoms with Crippen molar-refractivity contribution in [2.24, 2.45) is 5.73 Å². The van der Waals surface area contributed by atoms with Gasteiger partial charge in [-0.05, 0) is 30.7 Å². The zero-order chi connectivity index (χ0) is 15.2. The largest absolute Gasteiger partial charge is 0.497 e. The number of benzene rings is 1. The lowest BCUT2D eigenvalue weighted by Gasteiger charge is -2.45. The number of hydrogen-bond acceptors (Lipinski definition) is 4. The van der Waals surface area contributed by atoms with Crippen LogP contribution >= 0.6 is 0 Å². The van der Waals surface area contributed by atoms with Crippen LogP contribution in [0.1, 0.15) is 31.9 Å². The van der Waals surface area contributed by atoms with E-state index in [4.69, 9.17) is 10.5 Å². The van der Waals surface area contributed by atoms with Gasteiger partial charge in [-0.25, -0.2) is 0 Å². The van der Waals surface area contributed by atoms with Crippen LogP contribution in [0.3, 0.4) is 0 Å². The quantitative estimate of drug-likeness (QED) is 0.871. The van der Waals surface area contributed by atoms with E-state index >= 15 is 0 Å². The smallest absolute Gasteiger partial charge is 0.119 e. The molecule has 21 heavy (non-hydrogen) atoms. The third kappa shape index (κ3) is 3.76. The number of likely N-dealkylation sites (N-methyl/N-ethyl adjacent to an activating group) is 1. The maximum atomic E-state index is 6.12. The van der Waals surface area contributed by atoms with Gasteiger partial charge in [-0.3, -0.25) is 4.90 Å². The number of ether oxygens (including phenoxy) is 1. The molecule has 0 bridgehead atoms. The predicted molar refractivity (Wildman–Crippen MR) is 87.7 cm³/mol. The number of methoxy groups -OCH3 is 1. The molecule has 0 saturated carbocycles. The van der Waals surface area contributed by atoms with E-state index in [1.54, 1.807) is 7.11 Å². The Morgan fingerprint density at radius 3 is 2.76 bits per heavy atom. The Labute approximate surface area is 128 Å². The van der Waals surface area contributed by atoms with E-state index in [0.29, 0.717) is 12.6 Å². The SMILES string of the molecule is CCC1CN(CC)CCN1C(CN)c1cccc(OC)c1. The van der Waals surface area contributed by atoms with E-state index in [-0.39, 0.29) is 6.04 Å². The molecule has 1 aliphatic heterocycles. The maximum absolute atomic E-state index is 6.12. The molecular formula is C17H29N3O.